The summed E-state index contributed by atoms with van der Waals surface area (Å²) in [6, 6.07) is 21.6. The zero-order valence-corrected chi connectivity index (χ0v) is 17.8. The first-order valence-electron chi connectivity index (χ1n) is 8.90. The van der Waals surface area contributed by atoms with Crippen LogP contribution in [0.2, 0.25) is 0 Å². The molecule has 0 atom stereocenters. The molecule has 4 nitrogen and oxygen atoms in total. The van der Waals surface area contributed by atoms with E-state index < -0.39 is 20.6 Å². The SMILES string of the molecule is N#CC(=Cc1c(-c2ccc(Br)c(F)c2)[nH]c2ccccc12)S(=O)(=O)c1ccccc1. The quantitative estimate of drug-likeness (QED) is 0.360. The van der Waals surface area contributed by atoms with Gasteiger partial charge in [-0.3, -0.25) is 0 Å². The molecule has 148 valence electrons. The number of halogens is 2. The minimum absolute atomic E-state index is 0.0360. The van der Waals surface area contributed by atoms with Gasteiger partial charge >= 0.3 is 0 Å². The summed E-state index contributed by atoms with van der Waals surface area (Å²) in [6.45, 7) is 0. The fourth-order valence-corrected chi connectivity index (χ4v) is 4.63. The van der Waals surface area contributed by atoms with E-state index in [1.54, 1.807) is 30.3 Å². The molecule has 0 unspecified atom stereocenters. The molecule has 0 bridgehead atoms. The van der Waals surface area contributed by atoms with Crippen LogP contribution in [0.4, 0.5) is 4.39 Å². The van der Waals surface area contributed by atoms with Gasteiger partial charge in [-0.1, -0.05) is 42.5 Å². The lowest BCUT2D eigenvalue weighted by atomic mass is 10.0. The molecule has 3 aromatic carbocycles. The highest BCUT2D eigenvalue weighted by Gasteiger charge is 2.22. The largest absolute Gasteiger partial charge is 0.354 e. The minimum atomic E-state index is -4.01. The molecule has 0 radical (unpaired) electrons. The van der Waals surface area contributed by atoms with Crippen LogP contribution in [0.5, 0.6) is 0 Å². The topological polar surface area (TPSA) is 73.7 Å². The number of H-pyrrole nitrogens is 1. The van der Waals surface area contributed by atoms with Gasteiger partial charge in [-0.05, 0) is 52.3 Å². The molecule has 0 spiro atoms. The highest BCUT2D eigenvalue weighted by Crippen LogP contribution is 2.34. The van der Waals surface area contributed by atoms with Crippen molar-refractivity contribution in [3.8, 4) is 17.3 Å². The summed E-state index contributed by atoms with van der Waals surface area (Å²) in [4.78, 5) is 2.86. The predicted molar refractivity (Wildman–Crippen MR) is 119 cm³/mol. The van der Waals surface area contributed by atoms with Crippen molar-refractivity contribution in [2.24, 2.45) is 0 Å². The monoisotopic (exact) mass is 480 g/mol. The average Bonchev–Trinajstić information content (AvgIpc) is 3.13. The summed E-state index contributed by atoms with van der Waals surface area (Å²) in [6.07, 6.45) is 1.34. The number of aromatic amines is 1. The summed E-state index contributed by atoms with van der Waals surface area (Å²) in [7, 11) is -4.01. The molecular weight excluding hydrogens is 467 g/mol. The lowest BCUT2D eigenvalue weighted by Gasteiger charge is -2.06. The Morgan fingerprint density at radius 1 is 1.03 bits per heavy atom. The van der Waals surface area contributed by atoms with Gasteiger partial charge in [0, 0.05) is 22.0 Å². The highest BCUT2D eigenvalue weighted by molar-refractivity contribution is 9.10. The van der Waals surface area contributed by atoms with Crippen LogP contribution in [0.15, 0.2) is 87.1 Å². The number of nitriles is 1. The Bertz CT molecular complexity index is 1440. The molecule has 0 saturated carbocycles. The molecule has 0 aliphatic heterocycles. The number of nitrogens with zero attached hydrogens (tertiary/aromatic N) is 1. The average molecular weight is 481 g/mol. The summed E-state index contributed by atoms with van der Waals surface area (Å²) in [5.74, 6) is -0.446. The molecule has 1 heterocycles. The Kier molecular flexibility index (Phi) is 5.29. The van der Waals surface area contributed by atoms with Gasteiger partial charge in [-0.25, -0.2) is 12.8 Å². The number of allylic oxidation sites excluding steroid dienone is 1. The molecule has 0 fully saturated rings. The number of sulfone groups is 1. The van der Waals surface area contributed by atoms with E-state index in [-0.39, 0.29) is 4.90 Å². The summed E-state index contributed by atoms with van der Waals surface area (Å²) < 4.78 is 40.5. The summed E-state index contributed by atoms with van der Waals surface area (Å²) in [5.41, 5.74) is 2.31. The van der Waals surface area contributed by atoms with E-state index in [0.29, 0.717) is 21.3 Å². The van der Waals surface area contributed by atoms with E-state index in [0.717, 1.165) is 10.9 Å². The van der Waals surface area contributed by atoms with Crippen LogP contribution < -0.4 is 0 Å². The number of hydrogen-bond donors (Lipinski definition) is 1. The van der Waals surface area contributed by atoms with Gasteiger partial charge in [0.2, 0.25) is 9.84 Å². The van der Waals surface area contributed by atoms with Crippen molar-refractivity contribution in [3.63, 3.8) is 0 Å². The number of nitrogens with one attached hydrogen (secondary N) is 1. The molecular formula is C23H14BrFN2O2S. The van der Waals surface area contributed by atoms with Gasteiger partial charge < -0.3 is 4.98 Å². The molecule has 0 aliphatic carbocycles. The van der Waals surface area contributed by atoms with Crippen LogP contribution in [0, 0.1) is 17.1 Å². The Morgan fingerprint density at radius 3 is 2.43 bits per heavy atom. The third-order valence-electron chi connectivity index (χ3n) is 4.68. The van der Waals surface area contributed by atoms with Crippen molar-refractivity contribution in [1.29, 1.82) is 5.26 Å². The van der Waals surface area contributed by atoms with Crippen molar-refractivity contribution in [2.45, 2.75) is 4.90 Å². The van der Waals surface area contributed by atoms with Gasteiger partial charge in [-0.2, -0.15) is 5.26 Å². The predicted octanol–water partition coefficient (Wildman–Crippen LogP) is 6.07. The molecule has 0 aliphatic rings. The first kappa shape index (κ1) is 20.1. The number of para-hydroxylation sites is 1. The van der Waals surface area contributed by atoms with Crippen molar-refractivity contribution in [2.75, 3.05) is 0 Å². The van der Waals surface area contributed by atoms with Crippen LogP contribution in [0.1, 0.15) is 5.56 Å². The Morgan fingerprint density at radius 2 is 1.73 bits per heavy atom. The van der Waals surface area contributed by atoms with Crippen LogP contribution in [0.3, 0.4) is 0 Å². The molecule has 4 rings (SSSR count). The van der Waals surface area contributed by atoms with Crippen LogP contribution in [0.25, 0.3) is 28.2 Å². The molecule has 0 saturated heterocycles. The molecule has 1 N–H and O–H groups in total. The standard InChI is InChI=1S/C23H14BrFN2O2S/c24-20-11-10-15(12-21(20)25)23-19(18-8-4-5-9-22(18)27-23)13-17(14-26)30(28,29)16-6-2-1-3-7-16/h1-13,27H. The number of fused-ring (bicyclic) bond motifs is 1. The van der Waals surface area contributed by atoms with Crippen molar-refractivity contribution in [3.05, 3.63) is 93.6 Å². The second kappa shape index (κ2) is 7.90. The zero-order valence-electron chi connectivity index (χ0n) is 15.4. The van der Waals surface area contributed by atoms with Crippen molar-refractivity contribution in [1.82, 2.24) is 4.98 Å². The van der Waals surface area contributed by atoms with E-state index in [9.17, 15) is 18.1 Å². The summed E-state index contributed by atoms with van der Waals surface area (Å²) >= 11 is 3.14. The van der Waals surface area contributed by atoms with E-state index in [2.05, 4.69) is 20.9 Å². The smallest absolute Gasteiger partial charge is 0.216 e. The lowest BCUT2D eigenvalue weighted by molar-refractivity contribution is 0.603. The van der Waals surface area contributed by atoms with Gasteiger partial charge in [-0.15, -0.1) is 0 Å². The third-order valence-corrected chi connectivity index (χ3v) is 7.01. The lowest BCUT2D eigenvalue weighted by Crippen LogP contribution is -2.03. The fraction of sp³-hybridized carbons (Fsp3) is 0. The molecule has 7 heteroatoms. The first-order chi connectivity index (χ1) is 14.4. The van der Waals surface area contributed by atoms with E-state index in [1.165, 1.54) is 24.3 Å². The number of aromatic nitrogens is 1. The molecule has 1 aromatic heterocycles. The van der Waals surface area contributed by atoms with Crippen molar-refractivity contribution >= 4 is 42.7 Å². The van der Waals surface area contributed by atoms with Crippen molar-refractivity contribution < 1.29 is 12.8 Å². The third kappa shape index (κ3) is 3.56. The maximum absolute atomic E-state index is 14.2. The van der Waals surface area contributed by atoms with Gasteiger partial charge in [0.05, 0.1) is 15.1 Å². The Balaban J connectivity index is 1.98. The van der Waals surface area contributed by atoms with E-state index >= 15 is 0 Å². The maximum Gasteiger partial charge on any atom is 0.216 e. The maximum atomic E-state index is 14.2. The molecule has 30 heavy (non-hydrogen) atoms. The van der Waals surface area contributed by atoms with Crippen LogP contribution >= 0.6 is 15.9 Å². The first-order valence-corrected chi connectivity index (χ1v) is 11.2. The molecule has 4 aromatic rings. The fourth-order valence-electron chi connectivity index (χ4n) is 3.22. The second-order valence-corrected chi connectivity index (χ2v) is 9.30. The highest BCUT2D eigenvalue weighted by atomic mass is 79.9. The van der Waals surface area contributed by atoms with Gasteiger partial charge in [0.1, 0.15) is 16.8 Å². The van der Waals surface area contributed by atoms with Gasteiger partial charge in [0.15, 0.2) is 0 Å². The second-order valence-electron chi connectivity index (χ2n) is 6.53. The van der Waals surface area contributed by atoms with Crippen LogP contribution in [-0.4, -0.2) is 13.4 Å². The minimum Gasteiger partial charge on any atom is -0.354 e. The number of hydrogen-bond acceptors (Lipinski definition) is 3. The summed E-state index contributed by atoms with van der Waals surface area (Å²) in [5, 5.41) is 10.4. The number of benzene rings is 3. The number of rotatable bonds is 4. The van der Waals surface area contributed by atoms with E-state index in [4.69, 9.17) is 0 Å². The normalized spacial score (nSPS) is 12.1. The van der Waals surface area contributed by atoms with Crippen LogP contribution in [-0.2, 0) is 9.84 Å². The zero-order chi connectivity index (χ0) is 21.3. The van der Waals surface area contributed by atoms with E-state index in [1.807, 2.05) is 30.3 Å². The van der Waals surface area contributed by atoms with Gasteiger partial charge in [0.25, 0.3) is 0 Å². The Labute approximate surface area is 181 Å². The molecule has 0 amide bonds. The Hall–Kier alpha value is -3.21.